The summed E-state index contributed by atoms with van der Waals surface area (Å²) in [6, 6.07) is 16.9. The summed E-state index contributed by atoms with van der Waals surface area (Å²) in [4.78, 5) is 14.6. The maximum atomic E-state index is 12.3. The lowest BCUT2D eigenvalue weighted by atomic mass is 10.1. The molecule has 0 unspecified atom stereocenters. The van der Waals surface area contributed by atoms with E-state index in [1.54, 1.807) is 24.3 Å². The van der Waals surface area contributed by atoms with Crippen molar-refractivity contribution in [3.8, 4) is 11.8 Å². The molecule has 0 spiro atoms. The van der Waals surface area contributed by atoms with E-state index in [1.807, 2.05) is 6.07 Å². The van der Waals surface area contributed by atoms with Crippen LogP contribution < -0.4 is 10.2 Å². The molecule has 2 aromatic carbocycles. The molecule has 0 aliphatic carbocycles. The van der Waals surface area contributed by atoms with Crippen LogP contribution >= 0.6 is 15.9 Å². The Kier molecular flexibility index (Phi) is 5.29. The zero-order valence-corrected chi connectivity index (χ0v) is 16.6. The van der Waals surface area contributed by atoms with Crippen LogP contribution in [0.15, 0.2) is 68.5 Å². The van der Waals surface area contributed by atoms with Gasteiger partial charge in [-0.3, -0.25) is 9.69 Å². The van der Waals surface area contributed by atoms with Gasteiger partial charge in [-0.15, -0.1) is 0 Å². The summed E-state index contributed by atoms with van der Waals surface area (Å²) in [5.74, 6) is 0.796. The second kappa shape index (κ2) is 8.01. The van der Waals surface area contributed by atoms with Crippen molar-refractivity contribution < 1.29 is 9.15 Å². The summed E-state index contributed by atoms with van der Waals surface area (Å²) in [5, 5.41) is 8.82. The van der Waals surface area contributed by atoms with Crippen molar-refractivity contribution in [1.29, 1.82) is 5.26 Å². The minimum Gasteiger partial charge on any atom is -0.482 e. The molecule has 5 nitrogen and oxygen atoms in total. The number of rotatable bonds is 5. The molecule has 1 aromatic heterocycles. The summed E-state index contributed by atoms with van der Waals surface area (Å²) in [6.45, 7) is 2.47. The molecule has 0 N–H and O–H groups in total. The number of nitriles is 1. The molecule has 0 amide bonds. The number of nitrogens with zero attached hydrogens (tertiary/aromatic N) is 2. The van der Waals surface area contributed by atoms with Gasteiger partial charge in [0.15, 0.2) is 0 Å². The Labute approximate surface area is 170 Å². The smallest absolute Gasteiger partial charge is 0.227 e. The van der Waals surface area contributed by atoms with Gasteiger partial charge < -0.3 is 9.15 Å². The van der Waals surface area contributed by atoms with E-state index in [-0.39, 0.29) is 17.8 Å². The van der Waals surface area contributed by atoms with E-state index in [2.05, 4.69) is 39.0 Å². The standard InChI is InChI=1S/C22H17BrN2O3/c23-19-6-5-17-10-25(11-18(17)7-19)12-20-8-21(26)22(14-27-20)28-13-16-3-1-15(9-24)2-4-16/h1-8,14H,10-13H2. The number of ether oxygens (including phenoxy) is 1. The minimum absolute atomic E-state index is 0.182. The van der Waals surface area contributed by atoms with Crippen LogP contribution in [0.3, 0.4) is 0 Å². The lowest BCUT2D eigenvalue weighted by Crippen LogP contribution is -2.17. The second-order valence-corrected chi connectivity index (χ2v) is 7.65. The highest BCUT2D eigenvalue weighted by Gasteiger charge is 2.20. The highest BCUT2D eigenvalue weighted by molar-refractivity contribution is 9.10. The van der Waals surface area contributed by atoms with Crippen LogP contribution in [-0.4, -0.2) is 4.90 Å². The van der Waals surface area contributed by atoms with Crippen molar-refractivity contribution in [3.63, 3.8) is 0 Å². The molecule has 0 radical (unpaired) electrons. The maximum absolute atomic E-state index is 12.3. The first kappa shape index (κ1) is 18.5. The molecule has 1 aliphatic heterocycles. The zero-order valence-electron chi connectivity index (χ0n) is 15.0. The quantitative estimate of drug-likeness (QED) is 0.593. The van der Waals surface area contributed by atoms with E-state index in [0.29, 0.717) is 17.9 Å². The lowest BCUT2D eigenvalue weighted by Gasteiger charge is -2.14. The average Bonchev–Trinajstić information content (AvgIpc) is 3.09. The Morgan fingerprint density at radius 3 is 2.64 bits per heavy atom. The van der Waals surface area contributed by atoms with Gasteiger partial charge in [-0.2, -0.15) is 5.26 Å². The molecule has 6 heteroatoms. The topological polar surface area (TPSA) is 66.5 Å². The summed E-state index contributed by atoms with van der Waals surface area (Å²) in [5.41, 5.74) is 3.86. The van der Waals surface area contributed by atoms with Crippen molar-refractivity contribution in [3.05, 3.63) is 97.5 Å². The van der Waals surface area contributed by atoms with Crippen LogP contribution in [0.5, 0.6) is 5.75 Å². The van der Waals surface area contributed by atoms with Crippen molar-refractivity contribution >= 4 is 15.9 Å². The van der Waals surface area contributed by atoms with Crippen LogP contribution in [0.4, 0.5) is 0 Å². The Hall–Kier alpha value is -2.88. The number of halogens is 1. The highest BCUT2D eigenvalue weighted by Crippen LogP contribution is 2.27. The van der Waals surface area contributed by atoms with Crippen LogP contribution in [0.1, 0.15) is 28.0 Å². The molecule has 140 valence electrons. The fourth-order valence-electron chi connectivity index (χ4n) is 3.23. The van der Waals surface area contributed by atoms with Crippen LogP contribution in [0, 0.1) is 11.3 Å². The normalized spacial score (nSPS) is 13.1. The molecule has 0 saturated heterocycles. The number of hydrogen-bond acceptors (Lipinski definition) is 5. The van der Waals surface area contributed by atoms with E-state index >= 15 is 0 Å². The number of fused-ring (bicyclic) bond motifs is 1. The Bertz CT molecular complexity index is 1100. The third kappa shape index (κ3) is 4.16. The molecule has 4 rings (SSSR count). The first-order valence-electron chi connectivity index (χ1n) is 8.84. The highest BCUT2D eigenvalue weighted by atomic mass is 79.9. The summed E-state index contributed by atoms with van der Waals surface area (Å²) >= 11 is 3.50. The van der Waals surface area contributed by atoms with Gasteiger partial charge in [-0.1, -0.05) is 34.1 Å². The molecule has 3 aromatic rings. The minimum atomic E-state index is -0.200. The van der Waals surface area contributed by atoms with Gasteiger partial charge in [0.05, 0.1) is 18.2 Å². The van der Waals surface area contributed by atoms with Gasteiger partial charge in [-0.05, 0) is 41.0 Å². The fraction of sp³-hybridized carbons (Fsp3) is 0.182. The van der Waals surface area contributed by atoms with Gasteiger partial charge in [0, 0.05) is 23.6 Å². The predicted octanol–water partition coefficient (Wildman–Crippen LogP) is 4.37. The maximum Gasteiger partial charge on any atom is 0.227 e. The van der Waals surface area contributed by atoms with Crippen LogP contribution in [0.25, 0.3) is 0 Å². The van der Waals surface area contributed by atoms with E-state index in [1.165, 1.54) is 23.5 Å². The molecule has 2 heterocycles. The monoisotopic (exact) mass is 436 g/mol. The van der Waals surface area contributed by atoms with Gasteiger partial charge in [0.25, 0.3) is 0 Å². The molecule has 0 fully saturated rings. The van der Waals surface area contributed by atoms with Crippen molar-refractivity contribution in [1.82, 2.24) is 4.90 Å². The molecule has 0 saturated carbocycles. The molecular formula is C22H17BrN2O3. The third-order valence-corrected chi connectivity index (χ3v) is 5.16. The van der Waals surface area contributed by atoms with Crippen molar-refractivity contribution in [2.75, 3.05) is 0 Å². The van der Waals surface area contributed by atoms with Crippen molar-refractivity contribution in [2.45, 2.75) is 26.2 Å². The second-order valence-electron chi connectivity index (χ2n) is 6.73. The molecule has 28 heavy (non-hydrogen) atoms. The number of hydrogen-bond donors (Lipinski definition) is 0. The van der Waals surface area contributed by atoms with Gasteiger partial charge >= 0.3 is 0 Å². The number of benzene rings is 2. The van der Waals surface area contributed by atoms with Gasteiger partial charge in [0.1, 0.15) is 18.6 Å². The average molecular weight is 437 g/mol. The van der Waals surface area contributed by atoms with Crippen LogP contribution in [0.2, 0.25) is 0 Å². The van der Waals surface area contributed by atoms with E-state index in [0.717, 1.165) is 23.1 Å². The Morgan fingerprint density at radius 2 is 1.89 bits per heavy atom. The molecule has 0 atom stereocenters. The van der Waals surface area contributed by atoms with Gasteiger partial charge in [0.2, 0.25) is 11.2 Å². The zero-order chi connectivity index (χ0) is 19.5. The summed E-state index contributed by atoms with van der Waals surface area (Å²) in [7, 11) is 0. The van der Waals surface area contributed by atoms with Crippen molar-refractivity contribution in [2.24, 2.45) is 0 Å². The third-order valence-electron chi connectivity index (χ3n) is 4.67. The first-order valence-corrected chi connectivity index (χ1v) is 9.63. The molecule has 1 aliphatic rings. The lowest BCUT2D eigenvalue weighted by molar-refractivity contribution is 0.241. The largest absolute Gasteiger partial charge is 0.482 e. The molecular weight excluding hydrogens is 420 g/mol. The Balaban J connectivity index is 1.38. The molecule has 0 bridgehead atoms. The van der Waals surface area contributed by atoms with E-state index in [4.69, 9.17) is 14.4 Å². The summed E-state index contributed by atoms with van der Waals surface area (Å²) < 4.78 is 12.3. The van der Waals surface area contributed by atoms with Gasteiger partial charge in [-0.25, -0.2) is 0 Å². The SMILES string of the molecule is N#Cc1ccc(COc2coc(CN3Cc4ccc(Br)cc4C3)cc2=O)cc1. The summed E-state index contributed by atoms with van der Waals surface area (Å²) in [6.07, 6.45) is 1.38. The first-order chi connectivity index (χ1) is 13.6. The van der Waals surface area contributed by atoms with Crippen LogP contribution in [-0.2, 0) is 26.2 Å². The predicted molar refractivity (Wildman–Crippen MR) is 108 cm³/mol. The van der Waals surface area contributed by atoms with E-state index < -0.39 is 0 Å². The van der Waals surface area contributed by atoms with E-state index in [9.17, 15) is 4.79 Å². The fourth-order valence-corrected chi connectivity index (χ4v) is 3.64. The Morgan fingerprint density at radius 1 is 1.11 bits per heavy atom.